The number of hydrogen-bond acceptors (Lipinski definition) is 4. The number of aliphatic hydroxyl groups is 1. The average molecular weight is 195 g/mol. The number of amides is 1. The molecule has 0 heterocycles. The highest BCUT2D eigenvalue weighted by molar-refractivity contribution is 8.00. The van der Waals surface area contributed by atoms with Crippen molar-refractivity contribution >= 4 is 30.3 Å². The summed E-state index contributed by atoms with van der Waals surface area (Å²) in [5.41, 5.74) is 0. The molecule has 5 heteroatoms. The van der Waals surface area contributed by atoms with Crippen LogP contribution in [0.5, 0.6) is 0 Å². The Hall–Kier alpha value is 0.130. The summed E-state index contributed by atoms with van der Waals surface area (Å²) in [6.07, 6.45) is 0. The van der Waals surface area contributed by atoms with E-state index in [0.717, 1.165) is 5.75 Å². The molecule has 0 aromatic rings. The maximum atomic E-state index is 10.4. The summed E-state index contributed by atoms with van der Waals surface area (Å²) < 4.78 is 0. The molecule has 0 fully saturated rings. The van der Waals surface area contributed by atoms with Crippen LogP contribution in [0, 0.1) is 0 Å². The number of rotatable bonds is 5. The molecule has 0 aliphatic carbocycles. The van der Waals surface area contributed by atoms with E-state index in [4.69, 9.17) is 5.11 Å². The number of thiol groups is 1. The minimum atomic E-state index is -0.0304. The number of carbonyl (C=O) groups is 1. The zero-order valence-electron chi connectivity index (χ0n) is 6.41. The number of thioether (sulfide) groups is 1. The van der Waals surface area contributed by atoms with E-state index in [1.165, 1.54) is 6.92 Å². The lowest BCUT2D eigenvalue weighted by Gasteiger charge is -2.05. The van der Waals surface area contributed by atoms with Crippen molar-refractivity contribution in [3.8, 4) is 0 Å². The van der Waals surface area contributed by atoms with Crippen molar-refractivity contribution in [2.24, 2.45) is 0 Å². The third kappa shape index (κ3) is 8.03. The fraction of sp³-hybridized carbons (Fsp3) is 0.833. The van der Waals surface area contributed by atoms with Gasteiger partial charge in [0.15, 0.2) is 0 Å². The molecule has 0 saturated carbocycles. The SMILES string of the molecule is CC(=O)NCSCC(S)CO. The summed E-state index contributed by atoms with van der Waals surface area (Å²) in [6, 6.07) is 0. The molecular weight excluding hydrogens is 182 g/mol. The fourth-order valence-corrected chi connectivity index (χ4v) is 1.52. The lowest BCUT2D eigenvalue weighted by molar-refractivity contribution is -0.118. The molecule has 0 bridgehead atoms. The van der Waals surface area contributed by atoms with Gasteiger partial charge >= 0.3 is 0 Å². The molecule has 0 aromatic carbocycles. The van der Waals surface area contributed by atoms with Gasteiger partial charge < -0.3 is 10.4 Å². The number of aliphatic hydroxyl groups excluding tert-OH is 1. The second kappa shape index (κ2) is 6.82. The first-order valence-electron chi connectivity index (χ1n) is 3.28. The van der Waals surface area contributed by atoms with Crippen molar-refractivity contribution in [1.82, 2.24) is 5.32 Å². The maximum absolute atomic E-state index is 10.4. The van der Waals surface area contributed by atoms with Crippen LogP contribution in [0.25, 0.3) is 0 Å². The lowest BCUT2D eigenvalue weighted by atomic mass is 10.5. The Bertz CT molecular complexity index is 121. The summed E-state index contributed by atoms with van der Waals surface area (Å²) in [6.45, 7) is 1.56. The predicted molar refractivity (Wildman–Crippen MR) is 51.0 cm³/mol. The van der Waals surface area contributed by atoms with Gasteiger partial charge in [-0.3, -0.25) is 4.79 Å². The van der Waals surface area contributed by atoms with Crippen molar-refractivity contribution in [1.29, 1.82) is 0 Å². The van der Waals surface area contributed by atoms with Gasteiger partial charge in [0, 0.05) is 17.9 Å². The smallest absolute Gasteiger partial charge is 0.217 e. The van der Waals surface area contributed by atoms with Crippen molar-refractivity contribution in [2.75, 3.05) is 18.2 Å². The minimum absolute atomic E-state index is 0.00811. The second-order valence-corrected chi connectivity index (χ2v) is 3.85. The topological polar surface area (TPSA) is 49.3 Å². The fourth-order valence-electron chi connectivity index (χ4n) is 0.400. The molecule has 1 amide bonds. The Labute approximate surface area is 76.3 Å². The molecule has 1 unspecified atom stereocenters. The van der Waals surface area contributed by atoms with Crippen LogP contribution >= 0.6 is 24.4 Å². The van der Waals surface area contributed by atoms with Crippen molar-refractivity contribution < 1.29 is 9.90 Å². The zero-order valence-corrected chi connectivity index (χ0v) is 8.12. The van der Waals surface area contributed by atoms with Crippen LogP contribution in [0.2, 0.25) is 0 Å². The molecule has 3 nitrogen and oxygen atoms in total. The van der Waals surface area contributed by atoms with Crippen LogP contribution in [0.15, 0.2) is 0 Å². The Morgan fingerprint density at radius 2 is 2.45 bits per heavy atom. The summed E-state index contributed by atoms with van der Waals surface area (Å²) in [5, 5.41) is 11.2. The first-order valence-corrected chi connectivity index (χ1v) is 4.95. The quantitative estimate of drug-likeness (QED) is 0.331. The standard InChI is InChI=1S/C6H13NO2S2/c1-5(9)7-4-11-3-6(10)2-8/h6,8,10H,2-4H2,1H3,(H,7,9). The van der Waals surface area contributed by atoms with Crippen molar-refractivity contribution in [2.45, 2.75) is 12.2 Å². The highest BCUT2D eigenvalue weighted by Gasteiger charge is 1.99. The number of hydrogen-bond donors (Lipinski definition) is 3. The predicted octanol–water partition coefficient (Wildman–Crippen LogP) is 0.104. The highest BCUT2D eigenvalue weighted by atomic mass is 32.2. The van der Waals surface area contributed by atoms with Gasteiger partial charge in [0.05, 0.1) is 12.5 Å². The largest absolute Gasteiger partial charge is 0.395 e. The molecule has 0 rings (SSSR count). The molecule has 0 aromatic heterocycles. The maximum Gasteiger partial charge on any atom is 0.217 e. The van der Waals surface area contributed by atoms with E-state index in [1.54, 1.807) is 11.8 Å². The first-order chi connectivity index (χ1) is 5.16. The van der Waals surface area contributed by atoms with Crippen LogP contribution in [0.1, 0.15) is 6.92 Å². The number of nitrogens with one attached hydrogen (secondary N) is 1. The molecule has 0 aliphatic rings. The van der Waals surface area contributed by atoms with E-state index in [1.807, 2.05) is 0 Å². The van der Waals surface area contributed by atoms with Crippen LogP contribution < -0.4 is 5.32 Å². The van der Waals surface area contributed by atoms with Crippen LogP contribution in [-0.2, 0) is 4.79 Å². The van der Waals surface area contributed by atoms with Crippen LogP contribution in [0.3, 0.4) is 0 Å². The Balaban J connectivity index is 3.08. The monoisotopic (exact) mass is 195 g/mol. The molecule has 11 heavy (non-hydrogen) atoms. The van der Waals surface area contributed by atoms with Crippen molar-refractivity contribution in [3.05, 3.63) is 0 Å². The summed E-state index contributed by atoms with van der Waals surface area (Å²) in [5.74, 6) is 1.31. The van der Waals surface area contributed by atoms with Gasteiger partial charge in [-0.1, -0.05) is 0 Å². The first kappa shape index (κ1) is 11.1. The average Bonchev–Trinajstić information content (AvgIpc) is 1.97. The second-order valence-electron chi connectivity index (χ2n) is 2.08. The lowest BCUT2D eigenvalue weighted by Crippen LogP contribution is -2.20. The zero-order chi connectivity index (χ0) is 8.69. The van der Waals surface area contributed by atoms with Gasteiger partial charge in [-0.15, -0.1) is 11.8 Å². The minimum Gasteiger partial charge on any atom is -0.395 e. The molecule has 0 saturated heterocycles. The van der Waals surface area contributed by atoms with Gasteiger partial charge in [-0.2, -0.15) is 12.6 Å². The summed E-state index contributed by atoms with van der Waals surface area (Å²) in [4.78, 5) is 10.4. The van der Waals surface area contributed by atoms with E-state index >= 15 is 0 Å². The van der Waals surface area contributed by atoms with E-state index in [2.05, 4.69) is 17.9 Å². The molecule has 0 spiro atoms. The molecule has 2 N–H and O–H groups in total. The van der Waals surface area contributed by atoms with Crippen LogP contribution in [0.4, 0.5) is 0 Å². The number of carbonyl (C=O) groups excluding carboxylic acids is 1. The Morgan fingerprint density at radius 1 is 1.82 bits per heavy atom. The molecule has 66 valence electrons. The highest BCUT2D eigenvalue weighted by Crippen LogP contribution is 2.04. The third-order valence-electron chi connectivity index (χ3n) is 0.944. The van der Waals surface area contributed by atoms with Crippen LogP contribution in [-0.4, -0.2) is 34.5 Å². The van der Waals surface area contributed by atoms with Gasteiger partial charge in [-0.05, 0) is 0 Å². The summed E-state index contributed by atoms with van der Waals surface area (Å²) in [7, 11) is 0. The molecule has 1 atom stereocenters. The van der Waals surface area contributed by atoms with E-state index in [9.17, 15) is 4.79 Å². The molecule has 0 radical (unpaired) electrons. The van der Waals surface area contributed by atoms with Gasteiger partial charge in [0.2, 0.25) is 5.91 Å². The van der Waals surface area contributed by atoms with Gasteiger partial charge in [0.25, 0.3) is 0 Å². The van der Waals surface area contributed by atoms with E-state index in [-0.39, 0.29) is 17.8 Å². The van der Waals surface area contributed by atoms with Crippen molar-refractivity contribution in [3.63, 3.8) is 0 Å². The van der Waals surface area contributed by atoms with E-state index in [0.29, 0.717) is 5.88 Å². The third-order valence-corrected chi connectivity index (χ3v) is 2.52. The molecule has 0 aliphatic heterocycles. The molecular formula is C6H13NO2S2. The van der Waals surface area contributed by atoms with Gasteiger partial charge in [0.1, 0.15) is 0 Å². The summed E-state index contributed by atoms with van der Waals surface area (Å²) >= 11 is 5.62. The Morgan fingerprint density at radius 3 is 2.91 bits per heavy atom. The Kier molecular flexibility index (Phi) is 6.90. The van der Waals surface area contributed by atoms with Gasteiger partial charge in [-0.25, -0.2) is 0 Å². The van der Waals surface area contributed by atoms with E-state index < -0.39 is 0 Å². The normalized spacial score (nSPS) is 12.6.